The third kappa shape index (κ3) is 13.2. The summed E-state index contributed by atoms with van der Waals surface area (Å²) in [6.07, 6.45) is 6.30. The van der Waals surface area contributed by atoms with Gasteiger partial charge in [0.2, 0.25) is 5.91 Å². The van der Waals surface area contributed by atoms with Crippen molar-refractivity contribution in [1.82, 2.24) is 10.6 Å². The smallest absolute Gasteiger partial charge is 0.321 e. The Morgan fingerprint density at radius 3 is 2.35 bits per heavy atom. The maximum absolute atomic E-state index is 11.4. The molecule has 0 saturated heterocycles. The summed E-state index contributed by atoms with van der Waals surface area (Å²) in [5, 5.41) is 13.3. The number of hydrogen-bond donors (Lipinski definition) is 3. The molecule has 0 aliphatic heterocycles. The molecular weight excluding hydrogens is 280 g/mol. The van der Waals surface area contributed by atoms with Gasteiger partial charge in [0, 0.05) is 19.4 Å². The Labute approximate surface area is 124 Å². The molecule has 0 saturated carbocycles. The first-order valence-electron chi connectivity index (χ1n) is 6.84. The van der Waals surface area contributed by atoms with E-state index in [1.54, 1.807) is 11.8 Å². The van der Waals surface area contributed by atoms with Gasteiger partial charge < -0.3 is 10.4 Å². The monoisotopic (exact) mass is 304 g/mol. The number of aliphatic carboxylic acids is 1. The van der Waals surface area contributed by atoms with Crippen LogP contribution < -0.4 is 10.6 Å². The first kappa shape index (κ1) is 18.8. The Bertz CT molecular complexity index is 311. The van der Waals surface area contributed by atoms with Crippen LogP contribution in [-0.4, -0.2) is 41.6 Å². The van der Waals surface area contributed by atoms with E-state index in [9.17, 15) is 14.4 Å². The van der Waals surface area contributed by atoms with Crippen molar-refractivity contribution in [2.75, 3.05) is 18.6 Å². The van der Waals surface area contributed by atoms with Gasteiger partial charge in [-0.25, -0.2) is 4.79 Å². The molecule has 7 heteroatoms. The Morgan fingerprint density at radius 1 is 1.00 bits per heavy atom. The molecule has 0 atom stereocenters. The molecule has 0 unspecified atom stereocenters. The number of rotatable bonds is 11. The lowest BCUT2D eigenvalue weighted by atomic mass is 10.2. The van der Waals surface area contributed by atoms with Crippen molar-refractivity contribution in [2.24, 2.45) is 0 Å². The maximum atomic E-state index is 11.4. The van der Waals surface area contributed by atoms with Crippen molar-refractivity contribution in [1.29, 1.82) is 0 Å². The fourth-order valence-electron chi connectivity index (χ4n) is 1.55. The molecule has 0 fully saturated rings. The van der Waals surface area contributed by atoms with Crippen LogP contribution in [0.15, 0.2) is 0 Å². The van der Waals surface area contributed by atoms with E-state index in [1.165, 1.54) is 0 Å². The van der Waals surface area contributed by atoms with Crippen LogP contribution in [0.5, 0.6) is 0 Å². The molecule has 0 aromatic carbocycles. The van der Waals surface area contributed by atoms with Gasteiger partial charge in [-0.15, -0.1) is 0 Å². The zero-order chi connectivity index (χ0) is 15.2. The van der Waals surface area contributed by atoms with Gasteiger partial charge in [0.05, 0.1) is 0 Å². The first-order chi connectivity index (χ1) is 9.56. The van der Waals surface area contributed by atoms with Gasteiger partial charge >= 0.3 is 12.0 Å². The van der Waals surface area contributed by atoms with E-state index >= 15 is 0 Å². The summed E-state index contributed by atoms with van der Waals surface area (Å²) in [5.41, 5.74) is 0. The zero-order valence-corrected chi connectivity index (χ0v) is 12.8. The minimum atomic E-state index is -0.871. The largest absolute Gasteiger partial charge is 0.481 e. The van der Waals surface area contributed by atoms with Crippen LogP contribution in [0.4, 0.5) is 4.79 Å². The van der Waals surface area contributed by atoms with Gasteiger partial charge in [-0.2, -0.15) is 11.8 Å². The minimum absolute atomic E-state index is 0.0511. The molecule has 116 valence electrons. The summed E-state index contributed by atoms with van der Waals surface area (Å²) in [4.78, 5) is 33.0. The number of carboxylic acid groups (broad SMARTS) is 1. The van der Waals surface area contributed by atoms with Gasteiger partial charge in [-0.3, -0.25) is 14.9 Å². The second kappa shape index (κ2) is 12.8. The molecular formula is C13H24N2O4S. The third-order valence-electron chi connectivity index (χ3n) is 2.61. The lowest BCUT2D eigenvalue weighted by molar-refractivity contribution is -0.137. The highest BCUT2D eigenvalue weighted by Gasteiger charge is 2.07. The van der Waals surface area contributed by atoms with E-state index in [0.29, 0.717) is 19.4 Å². The summed E-state index contributed by atoms with van der Waals surface area (Å²) >= 11 is 1.80. The van der Waals surface area contributed by atoms with E-state index < -0.39 is 12.0 Å². The summed E-state index contributed by atoms with van der Waals surface area (Å²) in [5.74, 6) is -0.110. The number of carbonyl (C=O) groups excluding carboxylic acids is 2. The highest BCUT2D eigenvalue weighted by atomic mass is 32.2. The van der Waals surface area contributed by atoms with Crippen molar-refractivity contribution in [3.05, 3.63) is 0 Å². The number of unbranched alkanes of at least 4 members (excludes halogenated alkanes) is 3. The van der Waals surface area contributed by atoms with E-state index in [2.05, 4.69) is 16.9 Å². The molecule has 3 amide bonds. The van der Waals surface area contributed by atoms with Crippen molar-refractivity contribution in [2.45, 2.75) is 44.9 Å². The fraction of sp³-hybridized carbons (Fsp3) is 0.769. The second-order valence-corrected chi connectivity index (χ2v) is 5.44. The average Bonchev–Trinajstić information content (AvgIpc) is 2.38. The predicted molar refractivity (Wildman–Crippen MR) is 79.9 cm³/mol. The van der Waals surface area contributed by atoms with Gasteiger partial charge in [0.15, 0.2) is 0 Å². The summed E-state index contributed by atoms with van der Waals surface area (Å²) in [7, 11) is 0. The molecule has 0 spiro atoms. The molecule has 6 nitrogen and oxygen atoms in total. The van der Waals surface area contributed by atoms with E-state index in [4.69, 9.17) is 5.11 Å². The number of imide groups is 1. The molecule has 0 aliphatic rings. The summed E-state index contributed by atoms with van der Waals surface area (Å²) in [6.45, 7) is 0.562. The number of carboxylic acids is 1. The molecule has 3 N–H and O–H groups in total. The van der Waals surface area contributed by atoms with Crippen LogP contribution in [0.1, 0.15) is 44.9 Å². The van der Waals surface area contributed by atoms with Gasteiger partial charge in [-0.1, -0.05) is 6.42 Å². The fourth-order valence-corrected chi connectivity index (χ4v) is 2.04. The minimum Gasteiger partial charge on any atom is -0.481 e. The SMILES string of the molecule is CSCCCCCNC(=O)NC(=O)CCCCC(=O)O. The Morgan fingerprint density at radius 2 is 1.70 bits per heavy atom. The van der Waals surface area contributed by atoms with Crippen molar-refractivity contribution >= 4 is 29.7 Å². The Hall–Kier alpha value is -1.24. The highest BCUT2D eigenvalue weighted by Crippen LogP contribution is 2.01. The van der Waals surface area contributed by atoms with Crippen LogP contribution >= 0.6 is 11.8 Å². The number of urea groups is 1. The molecule has 0 aliphatic carbocycles. The number of hydrogen-bond acceptors (Lipinski definition) is 4. The normalized spacial score (nSPS) is 10.1. The zero-order valence-electron chi connectivity index (χ0n) is 11.9. The average molecular weight is 304 g/mol. The van der Waals surface area contributed by atoms with E-state index in [-0.39, 0.29) is 18.7 Å². The van der Waals surface area contributed by atoms with Crippen LogP contribution in [0, 0.1) is 0 Å². The Kier molecular flexibility index (Phi) is 12.0. The predicted octanol–water partition coefficient (Wildman–Crippen LogP) is 1.99. The second-order valence-electron chi connectivity index (χ2n) is 4.46. The van der Waals surface area contributed by atoms with Crippen LogP contribution in [-0.2, 0) is 9.59 Å². The third-order valence-corrected chi connectivity index (χ3v) is 3.31. The van der Waals surface area contributed by atoms with Crippen LogP contribution in [0.2, 0.25) is 0 Å². The van der Waals surface area contributed by atoms with Gasteiger partial charge in [-0.05, 0) is 37.7 Å². The van der Waals surface area contributed by atoms with Crippen molar-refractivity contribution in [3.8, 4) is 0 Å². The molecule has 0 heterocycles. The number of nitrogens with one attached hydrogen (secondary N) is 2. The van der Waals surface area contributed by atoms with Crippen LogP contribution in [0.3, 0.4) is 0 Å². The standard InChI is InChI=1S/C13H24N2O4S/c1-20-10-6-2-5-9-14-13(19)15-11(16)7-3-4-8-12(17)18/h2-10H2,1H3,(H,17,18)(H2,14,15,16,19). The molecule has 20 heavy (non-hydrogen) atoms. The number of thioether (sulfide) groups is 1. The first-order valence-corrected chi connectivity index (χ1v) is 8.24. The highest BCUT2D eigenvalue weighted by molar-refractivity contribution is 7.98. The van der Waals surface area contributed by atoms with Gasteiger partial charge in [0.1, 0.15) is 0 Å². The van der Waals surface area contributed by atoms with E-state index in [0.717, 1.165) is 25.0 Å². The molecule has 0 aromatic heterocycles. The number of carbonyl (C=O) groups is 3. The number of amides is 3. The van der Waals surface area contributed by atoms with Crippen molar-refractivity contribution in [3.63, 3.8) is 0 Å². The van der Waals surface area contributed by atoms with Gasteiger partial charge in [0.25, 0.3) is 0 Å². The van der Waals surface area contributed by atoms with Crippen molar-refractivity contribution < 1.29 is 19.5 Å². The topological polar surface area (TPSA) is 95.5 Å². The molecule has 0 bridgehead atoms. The van der Waals surface area contributed by atoms with E-state index in [1.807, 2.05) is 0 Å². The summed E-state index contributed by atoms with van der Waals surface area (Å²) in [6, 6.07) is -0.474. The molecule has 0 aromatic rings. The maximum Gasteiger partial charge on any atom is 0.321 e. The lowest BCUT2D eigenvalue weighted by Crippen LogP contribution is -2.39. The van der Waals surface area contributed by atoms with Crippen LogP contribution in [0.25, 0.3) is 0 Å². The molecule has 0 radical (unpaired) electrons. The lowest BCUT2D eigenvalue weighted by Gasteiger charge is -2.06. The Balaban J connectivity index is 3.45. The molecule has 0 rings (SSSR count). The summed E-state index contributed by atoms with van der Waals surface area (Å²) < 4.78 is 0. The quantitative estimate of drug-likeness (QED) is 0.507.